The van der Waals surface area contributed by atoms with Gasteiger partial charge in [0.05, 0.1) is 24.8 Å². The fourth-order valence-electron chi connectivity index (χ4n) is 1.95. The molecule has 1 aliphatic heterocycles. The quantitative estimate of drug-likeness (QED) is 0.791. The Morgan fingerprint density at radius 3 is 3.12 bits per heavy atom. The van der Waals surface area contributed by atoms with Crippen molar-refractivity contribution >= 4 is 5.91 Å². The summed E-state index contributed by atoms with van der Waals surface area (Å²) in [6.07, 6.45) is 3.78. The number of rotatable bonds is 4. The van der Waals surface area contributed by atoms with Gasteiger partial charge in [0.2, 0.25) is 5.91 Å². The van der Waals surface area contributed by atoms with Gasteiger partial charge in [-0.2, -0.15) is 0 Å². The van der Waals surface area contributed by atoms with Crippen molar-refractivity contribution < 1.29 is 14.6 Å². The predicted octanol–water partition coefficient (Wildman–Crippen LogP) is 0.346. The Bertz CT molecular complexity index is 383. The first kappa shape index (κ1) is 11.9. The molecular formula is C12H16N2O3. The molecule has 2 unspecified atom stereocenters. The summed E-state index contributed by atoms with van der Waals surface area (Å²) in [6, 6.07) is 3.56. The highest BCUT2D eigenvalue weighted by Gasteiger charge is 2.35. The molecule has 5 nitrogen and oxygen atoms in total. The van der Waals surface area contributed by atoms with Gasteiger partial charge in [-0.05, 0) is 25.5 Å². The van der Waals surface area contributed by atoms with Crippen LogP contribution in [0.4, 0.5) is 0 Å². The third-order valence-corrected chi connectivity index (χ3v) is 2.98. The molecule has 2 rings (SSSR count). The molecule has 0 saturated carbocycles. The molecule has 0 spiro atoms. The summed E-state index contributed by atoms with van der Waals surface area (Å²) in [5, 5.41) is 11.8. The van der Waals surface area contributed by atoms with Gasteiger partial charge in [-0.3, -0.25) is 9.78 Å². The summed E-state index contributed by atoms with van der Waals surface area (Å²) in [7, 11) is 0. The summed E-state index contributed by atoms with van der Waals surface area (Å²) in [4.78, 5) is 15.4. The van der Waals surface area contributed by atoms with Crippen LogP contribution in [0.5, 0.6) is 5.75 Å². The average Bonchev–Trinajstić information content (AvgIpc) is 2.72. The highest BCUT2D eigenvalue weighted by Crippen LogP contribution is 2.20. The summed E-state index contributed by atoms with van der Waals surface area (Å²) in [5.41, 5.74) is 0. The second-order valence-corrected chi connectivity index (χ2v) is 4.24. The molecule has 1 aromatic rings. The number of nitrogens with one attached hydrogen (secondary N) is 1. The molecule has 1 aliphatic rings. The number of carbonyl (C=O) groups is 1. The van der Waals surface area contributed by atoms with Crippen molar-refractivity contribution in [2.24, 2.45) is 5.92 Å². The van der Waals surface area contributed by atoms with E-state index < -0.39 is 0 Å². The number of hydrogen-bond donors (Lipinski definition) is 2. The first-order valence-corrected chi connectivity index (χ1v) is 5.68. The lowest BCUT2D eigenvalue weighted by Crippen LogP contribution is -2.38. The number of nitrogens with zero attached hydrogens (tertiary/aromatic N) is 1. The predicted molar refractivity (Wildman–Crippen MR) is 61.5 cm³/mol. The standard InChI is InChI=1S/C12H16N2O3/c1-8(17-10-3-2-4-13-6-10)11-5-9(7-15)12(16)14-11/h2-4,6,8-9,11,15H,5,7H2,1H3,(H,14,16)/t8?,9?,11-/m0/s1. The topological polar surface area (TPSA) is 71.5 Å². The first-order chi connectivity index (χ1) is 8.20. The van der Waals surface area contributed by atoms with E-state index in [4.69, 9.17) is 9.84 Å². The molecule has 1 amide bonds. The zero-order valence-electron chi connectivity index (χ0n) is 9.67. The number of aliphatic hydroxyl groups is 1. The molecule has 3 atom stereocenters. The number of aromatic nitrogens is 1. The minimum atomic E-state index is -0.306. The Kier molecular flexibility index (Phi) is 3.58. The molecule has 17 heavy (non-hydrogen) atoms. The van der Waals surface area contributed by atoms with Crippen LogP contribution in [0.25, 0.3) is 0 Å². The van der Waals surface area contributed by atoms with Crippen LogP contribution in [-0.4, -0.2) is 34.8 Å². The van der Waals surface area contributed by atoms with E-state index >= 15 is 0 Å². The number of amides is 1. The summed E-state index contributed by atoms with van der Waals surface area (Å²) in [5.74, 6) is 0.279. The largest absolute Gasteiger partial charge is 0.487 e. The fraction of sp³-hybridized carbons (Fsp3) is 0.500. The third kappa shape index (κ3) is 2.74. The van der Waals surface area contributed by atoms with E-state index in [2.05, 4.69) is 10.3 Å². The molecule has 2 N–H and O–H groups in total. The van der Waals surface area contributed by atoms with Gasteiger partial charge < -0.3 is 15.2 Å². The summed E-state index contributed by atoms with van der Waals surface area (Å²) >= 11 is 0. The summed E-state index contributed by atoms with van der Waals surface area (Å²) < 4.78 is 5.68. The van der Waals surface area contributed by atoms with Crippen molar-refractivity contribution in [3.63, 3.8) is 0 Å². The molecular weight excluding hydrogens is 220 g/mol. The monoisotopic (exact) mass is 236 g/mol. The van der Waals surface area contributed by atoms with E-state index in [-0.39, 0.29) is 30.6 Å². The van der Waals surface area contributed by atoms with Gasteiger partial charge in [-0.25, -0.2) is 0 Å². The first-order valence-electron chi connectivity index (χ1n) is 5.68. The summed E-state index contributed by atoms with van der Waals surface area (Å²) in [6.45, 7) is 1.79. The molecule has 1 aromatic heterocycles. The molecule has 0 bridgehead atoms. The van der Waals surface area contributed by atoms with Gasteiger partial charge in [0.15, 0.2) is 0 Å². The van der Waals surface area contributed by atoms with Crippen molar-refractivity contribution in [3.05, 3.63) is 24.5 Å². The number of pyridine rings is 1. The number of hydrogen-bond acceptors (Lipinski definition) is 4. The van der Waals surface area contributed by atoms with E-state index in [1.165, 1.54) is 0 Å². The smallest absolute Gasteiger partial charge is 0.225 e. The zero-order chi connectivity index (χ0) is 12.3. The lowest BCUT2D eigenvalue weighted by Gasteiger charge is -2.20. The Labute approximate surface area is 99.8 Å². The number of ether oxygens (including phenoxy) is 1. The van der Waals surface area contributed by atoms with Gasteiger partial charge in [-0.1, -0.05) is 0 Å². The average molecular weight is 236 g/mol. The normalized spacial score (nSPS) is 25.4. The van der Waals surface area contributed by atoms with Crippen molar-refractivity contribution in [3.8, 4) is 5.75 Å². The molecule has 92 valence electrons. The van der Waals surface area contributed by atoms with Crippen LogP contribution in [0.1, 0.15) is 13.3 Å². The molecule has 0 aromatic carbocycles. The highest BCUT2D eigenvalue weighted by atomic mass is 16.5. The molecule has 0 aliphatic carbocycles. The van der Waals surface area contributed by atoms with Crippen LogP contribution < -0.4 is 10.1 Å². The molecule has 1 fully saturated rings. The van der Waals surface area contributed by atoms with Gasteiger partial charge in [0, 0.05) is 6.20 Å². The third-order valence-electron chi connectivity index (χ3n) is 2.98. The Morgan fingerprint density at radius 2 is 2.53 bits per heavy atom. The fourth-order valence-corrected chi connectivity index (χ4v) is 1.95. The number of carbonyl (C=O) groups excluding carboxylic acids is 1. The molecule has 1 saturated heterocycles. The maximum absolute atomic E-state index is 11.4. The molecule has 2 heterocycles. The molecule has 5 heteroatoms. The van der Waals surface area contributed by atoms with Gasteiger partial charge >= 0.3 is 0 Å². The Balaban J connectivity index is 1.93. The van der Waals surface area contributed by atoms with Crippen molar-refractivity contribution in [2.75, 3.05) is 6.61 Å². The van der Waals surface area contributed by atoms with E-state index in [0.29, 0.717) is 12.2 Å². The maximum Gasteiger partial charge on any atom is 0.225 e. The number of aliphatic hydroxyl groups excluding tert-OH is 1. The van der Waals surface area contributed by atoms with E-state index in [1.807, 2.05) is 13.0 Å². The second-order valence-electron chi connectivity index (χ2n) is 4.24. The van der Waals surface area contributed by atoms with Gasteiger partial charge in [0.1, 0.15) is 11.9 Å². The zero-order valence-corrected chi connectivity index (χ0v) is 9.67. The van der Waals surface area contributed by atoms with Crippen LogP contribution in [0.3, 0.4) is 0 Å². The van der Waals surface area contributed by atoms with Gasteiger partial charge in [-0.15, -0.1) is 0 Å². The van der Waals surface area contributed by atoms with Crippen molar-refractivity contribution in [1.82, 2.24) is 10.3 Å². The minimum Gasteiger partial charge on any atom is -0.487 e. The maximum atomic E-state index is 11.4. The SMILES string of the molecule is CC(Oc1cccnc1)[C@@H]1CC(CO)C(=O)N1. The van der Waals surface area contributed by atoms with E-state index in [9.17, 15) is 4.79 Å². The van der Waals surface area contributed by atoms with Crippen molar-refractivity contribution in [1.29, 1.82) is 0 Å². The van der Waals surface area contributed by atoms with Crippen LogP contribution in [0, 0.1) is 5.92 Å². The Hall–Kier alpha value is -1.62. The second kappa shape index (κ2) is 5.14. The Morgan fingerprint density at radius 1 is 1.71 bits per heavy atom. The van der Waals surface area contributed by atoms with E-state index in [1.54, 1.807) is 18.5 Å². The lowest BCUT2D eigenvalue weighted by molar-refractivity contribution is -0.123. The highest BCUT2D eigenvalue weighted by molar-refractivity contribution is 5.81. The van der Waals surface area contributed by atoms with Crippen LogP contribution in [0.2, 0.25) is 0 Å². The van der Waals surface area contributed by atoms with E-state index in [0.717, 1.165) is 0 Å². The lowest BCUT2D eigenvalue weighted by atomic mass is 10.0. The van der Waals surface area contributed by atoms with Crippen molar-refractivity contribution in [2.45, 2.75) is 25.5 Å². The van der Waals surface area contributed by atoms with Gasteiger partial charge in [0.25, 0.3) is 0 Å². The molecule has 0 radical (unpaired) electrons. The van der Waals surface area contributed by atoms with Crippen LogP contribution in [-0.2, 0) is 4.79 Å². The van der Waals surface area contributed by atoms with Crippen LogP contribution >= 0.6 is 0 Å². The minimum absolute atomic E-state index is 0.0557. The van der Waals surface area contributed by atoms with Crippen LogP contribution in [0.15, 0.2) is 24.5 Å².